The van der Waals surface area contributed by atoms with Gasteiger partial charge in [-0.1, -0.05) is 53.5 Å². The van der Waals surface area contributed by atoms with E-state index in [1.54, 1.807) is 12.3 Å². The Morgan fingerprint density at radius 1 is 1.12 bits per heavy atom. The van der Waals surface area contributed by atoms with Crippen LogP contribution >= 0.6 is 23.2 Å². The number of phenolic OH excluding ortho intramolecular Hbond substituents is 1. The molecule has 3 rings (SSSR count). The molecule has 1 saturated heterocycles. The zero-order chi connectivity index (χ0) is 16.9. The van der Waals surface area contributed by atoms with Crippen LogP contribution in [-0.2, 0) is 0 Å². The fourth-order valence-electron chi connectivity index (χ4n) is 3.10. The van der Waals surface area contributed by atoms with Crippen LogP contribution in [0.2, 0.25) is 10.0 Å². The van der Waals surface area contributed by atoms with E-state index in [0.717, 1.165) is 13.1 Å². The number of phenols is 1. The molecule has 1 fully saturated rings. The second kappa shape index (κ2) is 8.02. The van der Waals surface area contributed by atoms with Crippen LogP contribution in [0, 0.1) is 0 Å². The first-order valence-electron chi connectivity index (χ1n) is 8.12. The average Bonchev–Trinajstić information content (AvgIpc) is 3.11. The molecule has 1 aliphatic heterocycles. The van der Waals surface area contributed by atoms with Gasteiger partial charge in [0.25, 0.3) is 0 Å². The number of likely N-dealkylation sites (tertiary alicyclic amines) is 1. The summed E-state index contributed by atoms with van der Waals surface area (Å²) in [6, 6.07) is 13.9. The minimum Gasteiger partial charge on any atom is -0.506 e. The highest BCUT2D eigenvalue weighted by atomic mass is 35.5. The Morgan fingerprint density at radius 2 is 1.83 bits per heavy atom. The van der Waals surface area contributed by atoms with Gasteiger partial charge in [-0.15, -0.1) is 0 Å². The van der Waals surface area contributed by atoms with Gasteiger partial charge in [0.1, 0.15) is 5.75 Å². The van der Waals surface area contributed by atoms with Gasteiger partial charge in [-0.05, 0) is 43.6 Å². The zero-order valence-corrected chi connectivity index (χ0v) is 14.8. The highest BCUT2D eigenvalue weighted by molar-refractivity contribution is 6.36. The lowest BCUT2D eigenvalue weighted by Gasteiger charge is -2.26. The maximum atomic E-state index is 10.0. The van der Waals surface area contributed by atoms with Crippen LogP contribution in [0.5, 0.6) is 5.75 Å². The molecule has 1 aliphatic rings. The van der Waals surface area contributed by atoms with Gasteiger partial charge < -0.3 is 5.11 Å². The molecular formula is C19H20Cl2N2O. The topological polar surface area (TPSA) is 35.8 Å². The number of aromatic hydroxyl groups is 1. The number of aliphatic imine (C=N–C) groups is 1. The molecule has 1 N–H and O–H groups in total. The molecule has 2 aromatic carbocycles. The van der Waals surface area contributed by atoms with Crippen molar-refractivity contribution in [2.45, 2.75) is 18.9 Å². The van der Waals surface area contributed by atoms with Gasteiger partial charge >= 0.3 is 0 Å². The van der Waals surface area contributed by atoms with Crippen LogP contribution in [0.1, 0.15) is 30.0 Å². The lowest BCUT2D eigenvalue weighted by Crippen LogP contribution is -2.27. The summed E-state index contributed by atoms with van der Waals surface area (Å²) in [4.78, 5) is 7.03. The van der Waals surface area contributed by atoms with Crippen molar-refractivity contribution in [1.29, 1.82) is 0 Å². The van der Waals surface area contributed by atoms with Gasteiger partial charge in [0.2, 0.25) is 0 Å². The Morgan fingerprint density at radius 3 is 2.54 bits per heavy atom. The molecule has 0 spiro atoms. The van der Waals surface area contributed by atoms with Crippen LogP contribution in [-0.4, -0.2) is 35.9 Å². The molecule has 5 heteroatoms. The van der Waals surface area contributed by atoms with Crippen LogP contribution < -0.4 is 0 Å². The molecule has 0 aliphatic carbocycles. The molecule has 0 saturated carbocycles. The smallest absolute Gasteiger partial charge is 0.143 e. The molecule has 3 nitrogen and oxygen atoms in total. The number of hydrogen-bond donors (Lipinski definition) is 1. The summed E-state index contributed by atoms with van der Waals surface area (Å²) < 4.78 is 0. The van der Waals surface area contributed by atoms with Crippen molar-refractivity contribution in [1.82, 2.24) is 4.90 Å². The number of rotatable bonds is 5. The summed E-state index contributed by atoms with van der Waals surface area (Å²) >= 11 is 12.0. The molecule has 0 aromatic heterocycles. The van der Waals surface area contributed by atoms with Gasteiger partial charge in [0, 0.05) is 16.8 Å². The predicted octanol–water partition coefficient (Wildman–Crippen LogP) is 4.96. The first-order valence-corrected chi connectivity index (χ1v) is 8.87. The highest BCUT2D eigenvalue weighted by Gasteiger charge is 2.22. The second-order valence-electron chi connectivity index (χ2n) is 5.99. The summed E-state index contributed by atoms with van der Waals surface area (Å²) in [5.41, 5.74) is 1.81. The SMILES string of the molecule is Oc1c(Cl)cc(Cl)cc1C=NC[C@H](c1ccccc1)N1CCCC1. The first kappa shape index (κ1) is 17.3. The quantitative estimate of drug-likeness (QED) is 0.763. The molecule has 0 unspecified atom stereocenters. The van der Waals surface area contributed by atoms with E-state index < -0.39 is 0 Å². The summed E-state index contributed by atoms with van der Waals surface area (Å²) in [5.74, 6) is 0.0160. The van der Waals surface area contributed by atoms with Crippen molar-refractivity contribution in [2.75, 3.05) is 19.6 Å². The Balaban J connectivity index is 1.78. The maximum absolute atomic E-state index is 10.0. The molecule has 0 bridgehead atoms. The van der Waals surface area contributed by atoms with E-state index in [4.69, 9.17) is 23.2 Å². The predicted molar refractivity (Wildman–Crippen MR) is 101 cm³/mol. The van der Waals surface area contributed by atoms with E-state index in [9.17, 15) is 5.11 Å². The minimum atomic E-state index is 0.0160. The van der Waals surface area contributed by atoms with Crippen LogP contribution in [0.3, 0.4) is 0 Å². The average molecular weight is 363 g/mol. The van der Waals surface area contributed by atoms with Crippen molar-refractivity contribution in [3.05, 3.63) is 63.6 Å². The Hall–Kier alpha value is -1.55. The van der Waals surface area contributed by atoms with Gasteiger partial charge in [0.05, 0.1) is 17.6 Å². The molecule has 0 amide bonds. The number of nitrogens with zero attached hydrogens (tertiary/aromatic N) is 2. The van der Waals surface area contributed by atoms with Gasteiger partial charge in [-0.3, -0.25) is 9.89 Å². The molecular weight excluding hydrogens is 343 g/mol. The normalized spacial score (nSPS) is 16.8. The number of halogens is 2. The van der Waals surface area contributed by atoms with Gasteiger partial charge in [0.15, 0.2) is 0 Å². The largest absolute Gasteiger partial charge is 0.506 e. The van der Waals surface area contributed by atoms with Crippen molar-refractivity contribution >= 4 is 29.4 Å². The van der Waals surface area contributed by atoms with E-state index in [0.29, 0.717) is 17.1 Å². The molecule has 1 heterocycles. The fourth-order valence-corrected chi connectivity index (χ4v) is 3.60. The molecule has 126 valence electrons. The third-order valence-corrected chi connectivity index (χ3v) is 4.84. The van der Waals surface area contributed by atoms with E-state index in [-0.39, 0.29) is 16.8 Å². The van der Waals surface area contributed by atoms with E-state index >= 15 is 0 Å². The summed E-state index contributed by atoms with van der Waals surface area (Å²) in [6.45, 7) is 2.83. The standard InChI is InChI=1S/C19H20Cl2N2O/c20-16-10-15(19(24)17(21)11-16)12-22-13-18(23-8-4-5-9-23)14-6-2-1-3-7-14/h1-3,6-7,10-12,18,24H,4-5,8-9,13H2/t18-/m1/s1. The van der Waals surface area contributed by atoms with Crippen LogP contribution in [0.4, 0.5) is 0 Å². The Kier molecular flexibility index (Phi) is 5.77. The second-order valence-corrected chi connectivity index (χ2v) is 6.83. The van der Waals surface area contributed by atoms with E-state index in [1.807, 2.05) is 6.07 Å². The monoisotopic (exact) mass is 362 g/mol. The molecule has 1 atom stereocenters. The van der Waals surface area contributed by atoms with E-state index in [2.05, 4.69) is 34.2 Å². The van der Waals surface area contributed by atoms with Crippen molar-refractivity contribution in [3.8, 4) is 5.75 Å². The molecule has 24 heavy (non-hydrogen) atoms. The van der Waals surface area contributed by atoms with Crippen molar-refractivity contribution < 1.29 is 5.11 Å². The third-order valence-electron chi connectivity index (χ3n) is 4.33. The van der Waals surface area contributed by atoms with E-state index in [1.165, 1.54) is 24.5 Å². The van der Waals surface area contributed by atoms with Crippen LogP contribution in [0.15, 0.2) is 47.5 Å². The lowest BCUT2D eigenvalue weighted by molar-refractivity contribution is 0.252. The summed E-state index contributed by atoms with van der Waals surface area (Å²) in [5, 5.41) is 10.7. The minimum absolute atomic E-state index is 0.0160. The van der Waals surface area contributed by atoms with Crippen molar-refractivity contribution in [3.63, 3.8) is 0 Å². The summed E-state index contributed by atoms with van der Waals surface area (Å²) in [7, 11) is 0. The fraction of sp³-hybridized carbons (Fsp3) is 0.316. The molecule has 0 radical (unpaired) electrons. The number of benzene rings is 2. The highest BCUT2D eigenvalue weighted by Crippen LogP contribution is 2.30. The molecule has 2 aromatic rings. The van der Waals surface area contributed by atoms with Gasteiger partial charge in [-0.2, -0.15) is 0 Å². The Bertz CT molecular complexity index is 713. The van der Waals surface area contributed by atoms with Crippen LogP contribution in [0.25, 0.3) is 0 Å². The Labute approximate surface area is 152 Å². The maximum Gasteiger partial charge on any atom is 0.143 e. The lowest BCUT2D eigenvalue weighted by atomic mass is 10.1. The zero-order valence-electron chi connectivity index (χ0n) is 13.3. The third kappa shape index (κ3) is 4.10. The first-order chi connectivity index (χ1) is 11.6. The number of hydrogen-bond acceptors (Lipinski definition) is 3. The van der Waals surface area contributed by atoms with Crippen molar-refractivity contribution in [2.24, 2.45) is 4.99 Å². The summed E-state index contributed by atoms with van der Waals surface area (Å²) in [6.07, 6.45) is 4.12. The van der Waals surface area contributed by atoms with Gasteiger partial charge in [-0.25, -0.2) is 0 Å².